The fraction of sp³-hybridized carbons (Fsp3) is 0.350. The van der Waals surface area contributed by atoms with Gasteiger partial charge in [0.15, 0.2) is 6.61 Å². The molecule has 2 aromatic rings. The summed E-state index contributed by atoms with van der Waals surface area (Å²) in [5.41, 5.74) is 2.27. The van der Waals surface area contributed by atoms with E-state index in [1.807, 2.05) is 42.5 Å². The molecule has 128 valence electrons. The summed E-state index contributed by atoms with van der Waals surface area (Å²) in [5, 5.41) is 2.87. The first-order valence-electron chi connectivity index (χ1n) is 8.21. The molecule has 0 radical (unpaired) electrons. The van der Waals surface area contributed by atoms with E-state index in [1.54, 1.807) is 7.11 Å². The minimum Gasteiger partial charge on any atom is -0.496 e. The smallest absolute Gasteiger partial charge is 0.257 e. The zero-order chi connectivity index (χ0) is 17.4. The zero-order valence-corrected chi connectivity index (χ0v) is 14.5. The number of amides is 1. The molecule has 4 heteroatoms. The van der Waals surface area contributed by atoms with Gasteiger partial charge in [0.1, 0.15) is 11.5 Å². The van der Waals surface area contributed by atoms with Crippen LogP contribution in [0, 0.1) is 0 Å². The van der Waals surface area contributed by atoms with Crippen LogP contribution in [0.5, 0.6) is 11.5 Å². The first kappa shape index (κ1) is 17.9. The van der Waals surface area contributed by atoms with E-state index in [0.717, 1.165) is 23.5 Å². The Labute approximate surface area is 143 Å². The SMILES string of the molecule is COc1ccccc1CCNC(=O)COc1cccc(C(C)C)c1. The highest BCUT2D eigenvalue weighted by atomic mass is 16.5. The van der Waals surface area contributed by atoms with Gasteiger partial charge in [-0.2, -0.15) is 0 Å². The highest BCUT2D eigenvalue weighted by Crippen LogP contribution is 2.20. The quantitative estimate of drug-likeness (QED) is 0.806. The Hall–Kier alpha value is -2.49. The molecule has 2 aromatic carbocycles. The molecular weight excluding hydrogens is 302 g/mol. The molecule has 0 saturated heterocycles. The van der Waals surface area contributed by atoms with Crippen LogP contribution >= 0.6 is 0 Å². The average molecular weight is 327 g/mol. The molecule has 1 N–H and O–H groups in total. The summed E-state index contributed by atoms with van der Waals surface area (Å²) in [7, 11) is 1.65. The number of benzene rings is 2. The van der Waals surface area contributed by atoms with Crippen molar-refractivity contribution in [3.8, 4) is 11.5 Å². The summed E-state index contributed by atoms with van der Waals surface area (Å²) >= 11 is 0. The Balaban J connectivity index is 1.76. The van der Waals surface area contributed by atoms with E-state index in [1.165, 1.54) is 5.56 Å². The Morgan fingerprint density at radius 1 is 1.12 bits per heavy atom. The van der Waals surface area contributed by atoms with Gasteiger partial charge < -0.3 is 14.8 Å². The summed E-state index contributed by atoms with van der Waals surface area (Å²) in [6.07, 6.45) is 0.721. The van der Waals surface area contributed by atoms with E-state index in [-0.39, 0.29) is 12.5 Å². The highest BCUT2D eigenvalue weighted by molar-refractivity contribution is 5.77. The molecule has 4 nitrogen and oxygen atoms in total. The van der Waals surface area contributed by atoms with Gasteiger partial charge in [-0.15, -0.1) is 0 Å². The molecule has 0 saturated carbocycles. The lowest BCUT2D eigenvalue weighted by Gasteiger charge is -2.11. The van der Waals surface area contributed by atoms with Gasteiger partial charge in [0, 0.05) is 6.54 Å². The summed E-state index contributed by atoms with van der Waals surface area (Å²) in [4.78, 5) is 11.9. The van der Waals surface area contributed by atoms with Gasteiger partial charge >= 0.3 is 0 Å². The van der Waals surface area contributed by atoms with Crippen molar-refractivity contribution in [1.29, 1.82) is 0 Å². The fourth-order valence-corrected chi connectivity index (χ4v) is 2.41. The maximum Gasteiger partial charge on any atom is 0.257 e. The normalized spacial score (nSPS) is 10.5. The van der Waals surface area contributed by atoms with Crippen LogP contribution in [0.1, 0.15) is 30.9 Å². The van der Waals surface area contributed by atoms with Crippen molar-refractivity contribution in [3.63, 3.8) is 0 Å². The van der Waals surface area contributed by atoms with Crippen molar-refractivity contribution in [3.05, 3.63) is 59.7 Å². The van der Waals surface area contributed by atoms with Crippen LogP contribution in [0.4, 0.5) is 0 Å². The second-order valence-corrected chi connectivity index (χ2v) is 5.93. The van der Waals surface area contributed by atoms with E-state index in [4.69, 9.17) is 9.47 Å². The predicted molar refractivity (Wildman–Crippen MR) is 95.7 cm³/mol. The monoisotopic (exact) mass is 327 g/mol. The Kier molecular flexibility index (Phi) is 6.67. The molecule has 1 amide bonds. The number of carbonyl (C=O) groups excluding carboxylic acids is 1. The lowest BCUT2D eigenvalue weighted by Crippen LogP contribution is -2.30. The number of carbonyl (C=O) groups is 1. The first-order chi connectivity index (χ1) is 11.6. The van der Waals surface area contributed by atoms with Gasteiger partial charge in [0.2, 0.25) is 0 Å². The summed E-state index contributed by atoms with van der Waals surface area (Å²) in [5.74, 6) is 1.87. The van der Waals surface area contributed by atoms with Crippen molar-refractivity contribution in [1.82, 2.24) is 5.32 Å². The number of para-hydroxylation sites is 1. The van der Waals surface area contributed by atoms with Gasteiger partial charge in [-0.3, -0.25) is 4.79 Å². The second kappa shape index (κ2) is 8.96. The fourth-order valence-electron chi connectivity index (χ4n) is 2.41. The number of hydrogen-bond acceptors (Lipinski definition) is 3. The van der Waals surface area contributed by atoms with E-state index < -0.39 is 0 Å². The molecule has 0 bridgehead atoms. The third-order valence-corrected chi connectivity index (χ3v) is 3.80. The van der Waals surface area contributed by atoms with Crippen LogP contribution in [0.25, 0.3) is 0 Å². The number of nitrogens with one attached hydrogen (secondary N) is 1. The lowest BCUT2D eigenvalue weighted by molar-refractivity contribution is -0.123. The molecule has 24 heavy (non-hydrogen) atoms. The standard InChI is InChI=1S/C20H25NO3/c1-15(2)17-8-6-9-18(13-17)24-14-20(22)21-12-11-16-7-4-5-10-19(16)23-3/h4-10,13,15H,11-12,14H2,1-3H3,(H,21,22). The highest BCUT2D eigenvalue weighted by Gasteiger charge is 2.06. The summed E-state index contributed by atoms with van der Waals surface area (Å²) in [6, 6.07) is 15.7. The van der Waals surface area contributed by atoms with Crippen LogP contribution < -0.4 is 14.8 Å². The van der Waals surface area contributed by atoms with Gasteiger partial charge in [-0.25, -0.2) is 0 Å². The zero-order valence-electron chi connectivity index (χ0n) is 14.5. The Bertz CT molecular complexity index is 667. The largest absolute Gasteiger partial charge is 0.496 e. The summed E-state index contributed by atoms with van der Waals surface area (Å²) < 4.78 is 10.9. The van der Waals surface area contributed by atoms with Gasteiger partial charge in [-0.1, -0.05) is 44.2 Å². The van der Waals surface area contributed by atoms with E-state index in [2.05, 4.69) is 25.2 Å². The maximum atomic E-state index is 11.9. The molecule has 0 unspecified atom stereocenters. The minimum absolute atomic E-state index is 0.0213. The molecular formula is C20H25NO3. The first-order valence-corrected chi connectivity index (χ1v) is 8.21. The average Bonchev–Trinajstić information content (AvgIpc) is 2.60. The lowest BCUT2D eigenvalue weighted by atomic mass is 10.0. The Morgan fingerprint density at radius 3 is 2.67 bits per heavy atom. The van der Waals surface area contributed by atoms with Crippen LogP contribution in [-0.4, -0.2) is 26.2 Å². The van der Waals surface area contributed by atoms with Crippen molar-refractivity contribution in [2.45, 2.75) is 26.2 Å². The Morgan fingerprint density at radius 2 is 1.92 bits per heavy atom. The molecule has 0 aromatic heterocycles. The maximum absolute atomic E-state index is 11.9. The molecule has 2 rings (SSSR count). The van der Waals surface area contributed by atoms with Crippen molar-refractivity contribution in [2.24, 2.45) is 0 Å². The van der Waals surface area contributed by atoms with Crippen LogP contribution in [0.15, 0.2) is 48.5 Å². The summed E-state index contributed by atoms with van der Waals surface area (Å²) in [6.45, 7) is 4.83. The number of rotatable bonds is 8. The molecule has 0 aliphatic heterocycles. The van der Waals surface area contributed by atoms with Gasteiger partial charge in [0.05, 0.1) is 7.11 Å². The van der Waals surface area contributed by atoms with Crippen LogP contribution in [0.2, 0.25) is 0 Å². The number of methoxy groups -OCH3 is 1. The van der Waals surface area contributed by atoms with Gasteiger partial charge in [-0.05, 0) is 41.7 Å². The molecule has 0 aliphatic rings. The third kappa shape index (κ3) is 5.30. The van der Waals surface area contributed by atoms with E-state index >= 15 is 0 Å². The molecule has 0 atom stereocenters. The molecule has 0 heterocycles. The number of ether oxygens (including phenoxy) is 2. The third-order valence-electron chi connectivity index (χ3n) is 3.80. The topological polar surface area (TPSA) is 47.6 Å². The number of hydrogen-bond donors (Lipinski definition) is 1. The molecule has 0 fully saturated rings. The van der Waals surface area contributed by atoms with Gasteiger partial charge in [0.25, 0.3) is 5.91 Å². The van der Waals surface area contributed by atoms with Crippen molar-refractivity contribution < 1.29 is 14.3 Å². The van der Waals surface area contributed by atoms with Crippen molar-refractivity contribution in [2.75, 3.05) is 20.3 Å². The predicted octanol–water partition coefficient (Wildman–Crippen LogP) is 3.56. The van der Waals surface area contributed by atoms with E-state index in [0.29, 0.717) is 12.5 Å². The van der Waals surface area contributed by atoms with E-state index in [9.17, 15) is 4.79 Å². The van der Waals surface area contributed by atoms with Crippen LogP contribution in [0.3, 0.4) is 0 Å². The second-order valence-electron chi connectivity index (χ2n) is 5.93. The molecule has 0 spiro atoms. The van der Waals surface area contributed by atoms with Crippen LogP contribution in [-0.2, 0) is 11.2 Å². The minimum atomic E-state index is -0.125. The molecule has 0 aliphatic carbocycles. The van der Waals surface area contributed by atoms with Crippen molar-refractivity contribution >= 4 is 5.91 Å².